The molecule has 1 aromatic carbocycles. The van der Waals surface area contributed by atoms with Crippen LogP contribution >= 0.6 is 11.8 Å². The average Bonchev–Trinajstić information content (AvgIpc) is 2.78. The van der Waals surface area contributed by atoms with Crippen molar-refractivity contribution in [3.63, 3.8) is 0 Å². The molecular formula is C29H50O3S. The summed E-state index contributed by atoms with van der Waals surface area (Å²) in [6.45, 7) is 4.35. The smallest absolute Gasteiger partial charge is 0.304 e. The van der Waals surface area contributed by atoms with Crippen molar-refractivity contribution >= 4 is 17.7 Å². The molecule has 3 nitrogen and oxygen atoms in total. The number of hydrogen-bond donors (Lipinski definition) is 2. The number of aryl methyl sites for hydroxylation is 1. The third kappa shape index (κ3) is 15.5. The number of rotatable bonds is 22. The van der Waals surface area contributed by atoms with E-state index in [1.807, 2.05) is 0 Å². The summed E-state index contributed by atoms with van der Waals surface area (Å²) in [4.78, 5) is 9.98. The number of carboxylic acids is 1. The molecule has 0 saturated carbocycles. The minimum Gasteiger partial charge on any atom is -0.481 e. The molecule has 4 heteroatoms. The normalized spacial score (nSPS) is 13.2. The molecule has 0 heterocycles. The van der Waals surface area contributed by atoms with Crippen LogP contribution in [0.2, 0.25) is 0 Å². The van der Waals surface area contributed by atoms with Crippen LogP contribution in [-0.4, -0.2) is 26.9 Å². The molecule has 0 aliphatic rings. The van der Waals surface area contributed by atoms with Crippen LogP contribution in [0.5, 0.6) is 0 Å². The van der Waals surface area contributed by atoms with Crippen LogP contribution in [0.1, 0.15) is 128 Å². The molecule has 0 unspecified atom stereocenters. The van der Waals surface area contributed by atoms with Crippen LogP contribution in [0, 0.1) is 0 Å². The van der Waals surface area contributed by atoms with Gasteiger partial charge in [-0.25, -0.2) is 0 Å². The van der Waals surface area contributed by atoms with E-state index in [0.717, 1.165) is 12.8 Å². The predicted octanol–water partition coefficient (Wildman–Crippen LogP) is 8.56. The van der Waals surface area contributed by atoms with Crippen molar-refractivity contribution in [1.29, 1.82) is 0 Å². The second kappa shape index (κ2) is 19.3. The lowest BCUT2D eigenvalue weighted by atomic mass is 9.95. The Kier molecular flexibility index (Phi) is 17.6. The monoisotopic (exact) mass is 478 g/mol. The van der Waals surface area contributed by atoms with Crippen LogP contribution in [0.25, 0.3) is 0 Å². The molecule has 33 heavy (non-hydrogen) atoms. The number of carboxylic acid groups (broad SMARTS) is 1. The van der Waals surface area contributed by atoms with Crippen molar-refractivity contribution in [3.05, 3.63) is 35.4 Å². The highest BCUT2D eigenvalue weighted by Gasteiger charge is 2.28. The molecule has 2 N–H and O–H groups in total. The second-order valence-corrected chi connectivity index (χ2v) is 11.1. The van der Waals surface area contributed by atoms with Gasteiger partial charge in [-0.1, -0.05) is 122 Å². The minimum absolute atomic E-state index is 0.0945. The summed E-state index contributed by atoms with van der Waals surface area (Å²) >= 11 is 1.40. The summed E-state index contributed by atoms with van der Waals surface area (Å²) in [5, 5.41) is 20.1. The largest absolute Gasteiger partial charge is 0.481 e. The zero-order chi connectivity index (χ0) is 24.2. The first-order chi connectivity index (χ1) is 16.0. The Morgan fingerprint density at radius 2 is 1.30 bits per heavy atom. The van der Waals surface area contributed by atoms with Gasteiger partial charge in [-0.15, -0.1) is 11.8 Å². The van der Waals surface area contributed by atoms with Crippen LogP contribution in [0.15, 0.2) is 24.3 Å². The summed E-state index contributed by atoms with van der Waals surface area (Å²) < 4.78 is 0. The number of unbranched alkanes of at least 4 members (excludes halogenated alkanes) is 12. The molecule has 1 rings (SSSR count). The lowest BCUT2D eigenvalue weighted by Gasteiger charge is -2.28. The van der Waals surface area contributed by atoms with Gasteiger partial charge in [0.2, 0.25) is 0 Å². The first-order valence-corrected chi connectivity index (χ1v) is 14.6. The summed E-state index contributed by atoms with van der Waals surface area (Å²) in [6, 6.07) is 8.48. The Morgan fingerprint density at radius 3 is 1.82 bits per heavy atom. The van der Waals surface area contributed by atoms with Gasteiger partial charge < -0.3 is 10.2 Å². The highest BCUT2D eigenvalue weighted by atomic mass is 32.2. The topological polar surface area (TPSA) is 57.5 Å². The number of hydrogen-bond acceptors (Lipinski definition) is 3. The summed E-state index contributed by atoms with van der Waals surface area (Å²) in [7, 11) is 0. The fraction of sp³-hybridized carbons (Fsp3) is 0.759. The average molecular weight is 479 g/mol. The van der Waals surface area contributed by atoms with E-state index >= 15 is 0 Å². The third-order valence-electron chi connectivity index (χ3n) is 6.46. The van der Waals surface area contributed by atoms with Crippen LogP contribution in [0.4, 0.5) is 0 Å². The number of aliphatic hydroxyl groups is 1. The Balaban J connectivity index is 2.28. The molecule has 0 amide bonds. The van der Waals surface area contributed by atoms with E-state index in [1.54, 1.807) is 0 Å². The number of carbonyl (C=O) groups is 1. The first kappa shape index (κ1) is 30.0. The van der Waals surface area contributed by atoms with Gasteiger partial charge in [0.1, 0.15) is 4.93 Å². The lowest BCUT2D eigenvalue weighted by molar-refractivity contribution is -0.136. The maximum atomic E-state index is 11.2. The van der Waals surface area contributed by atoms with Gasteiger partial charge in [0.05, 0.1) is 6.42 Å². The van der Waals surface area contributed by atoms with Gasteiger partial charge >= 0.3 is 5.97 Å². The number of benzene rings is 1. The van der Waals surface area contributed by atoms with Gasteiger partial charge in [0, 0.05) is 12.2 Å². The zero-order valence-corrected chi connectivity index (χ0v) is 22.3. The predicted molar refractivity (Wildman–Crippen MR) is 144 cm³/mol. The Morgan fingerprint density at radius 1 is 0.788 bits per heavy atom. The second-order valence-electron chi connectivity index (χ2n) is 9.63. The maximum absolute atomic E-state index is 11.2. The molecule has 0 radical (unpaired) electrons. The Labute approximate surface area is 208 Å². The highest BCUT2D eigenvalue weighted by Crippen LogP contribution is 2.33. The van der Waals surface area contributed by atoms with E-state index < -0.39 is 10.9 Å². The third-order valence-corrected chi connectivity index (χ3v) is 7.76. The molecule has 190 valence electrons. The number of thioether (sulfide) groups is 1. The minimum atomic E-state index is -0.879. The standard InChI is InChI=1S/C29H50O3S/c1-3-5-6-7-8-9-10-11-12-13-14-15-16-19-26-20-17-18-21-27(26)25-29(32,23-4-2)33-24-22-28(30)31/h17-18,20-21,32H,3-16,19,22-25H2,1-2H3,(H,30,31)/t29-/m1/s1. The van der Waals surface area contributed by atoms with Crippen molar-refractivity contribution in [2.45, 2.75) is 134 Å². The van der Waals surface area contributed by atoms with Gasteiger partial charge in [-0.2, -0.15) is 0 Å². The van der Waals surface area contributed by atoms with Crippen LogP contribution in [0.3, 0.4) is 0 Å². The SMILES string of the molecule is CCCCCCCCCCCCCCCc1ccccc1C[C@@](O)(CCC)SCCC(=O)O. The molecule has 0 fully saturated rings. The molecule has 0 aliphatic heterocycles. The van der Waals surface area contributed by atoms with Crippen molar-refractivity contribution in [1.82, 2.24) is 0 Å². The van der Waals surface area contributed by atoms with E-state index in [2.05, 4.69) is 38.1 Å². The van der Waals surface area contributed by atoms with Gasteiger partial charge in [0.25, 0.3) is 0 Å². The van der Waals surface area contributed by atoms with Gasteiger partial charge in [-0.05, 0) is 30.4 Å². The molecule has 0 bridgehead atoms. The Hall–Kier alpha value is -1.00. The fourth-order valence-electron chi connectivity index (χ4n) is 4.54. The molecule has 0 saturated heterocycles. The van der Waals surface area contributed by atoms with Gasteiger partial charge in [-0.3, -0.25) is 4.79 Å². The maximum Gasteiger partial charge on any atom is 0.304 e. The Bertz CT molecular complexity index is 619. The van der Waals surface area contributed by atoms with Crippen LogP contribution < -0.4 is 0 Å². The van der Waals surface area contributed by atoms with E-state index in [0.29, 0.717) is 18.6 Å². The fourth-order valence-corrected chi connectivity index (χ4v) is 5.80. The van der Waals surface area contributed by atoms with Crippen molar-refractivity contribution in [3.8, 4) is 0 Å². The first-order valence-electron chi connectivity index (χ1n) is 13.7. The van der Waals surface area contributed by atoms with E-state index in [9.17, 15) is 9.90 Å². The molecule has 0 aliphatic carbocycles. The van der Waals surface area contributed by atoms with Crippen molar-refractivity contribution < 1.29 is 15.0 Å². The zero-order valence-electron chi connectivity index (χ0n) is 21.5. The van der Waals surface area contributed by atoms with E-state index in [-0.39, 0.29) is 6.42 Å². The van der Waals surface area contributed by atoms with E-state index in [4.69, 9.17) is 5.11 Å². The molecule has 1 aromatic rings. The quantitative estimate of drug-likeness (QED) is 0.129. The van der Waals surface area contributed by atoms with Crippen LogP contribution in [-0.2, 0) is 17.6 Å². The summed E-state index contributed by atoms with van der Waals surface area (Å²) in [5.74, 6) is -0.350. The van der Waals surface area contributed by atoms with Crippen molar-refractivity contribution in [2.24, 2.45) is 0 Å². The molecule has 0 spiro atoms. The van der Waals surface area contributed by atoms with E-state index in [1.165, 1.54) is 106 Å². The van der Waals surface area contributed by atoms with Crippen molar-refractivity contribution in [2.75, 3.05) is 5.75 Å². The lowest BCUT2D eigenvalue weighted by Crippen LogP contribution is -2.28. The highest BCUT2D eigenvalue weighted by molar-refractivity contribution is 8.00. The summed E-state index contributed by atoms with van der Waals surface area (Å²) in [5.41, 5.74) is 2.56. The van der Waals surface area contributed by atoms with Gasteiger partial charge in [0.15, 0.2) is 0 Å². The molecule has 1 atom stereocenters. The molecule has 0 aromatic heterocycles. The summed E-state index contributed by atoms with van der Waals surface area (Å²) in [6.07, 6.45) is 21.1. The number of aliphatic carboxylic acids is 1. The molecular weight excluding hydrogens is 428 g/mol.